The van der Waals surface area contributed by atoms with Crippen molar-refractivity contribution in [2.24, 2.45) is 4.99 Å². The molecule has 0 bridgehead atoms. The molecule has 2 aromatic rings. The van der Waals surface area contributed by atoms with Crippen LogP contribution in [0.2, 0.25) is 0 Å². The van der Waals surface area contributed by atoms with Gasteiger partial charge >= 0.3 is 6.18 Å². The summed E-state index contributed by atoms with van der Waals surface area (Å²) in [5.41, 5.74) is 0.711. The van der Waals surface area contributed by atoms with Gasteiger partial charge in [-0.25, -0.2) is 13.4 Å². The zero-order chi connectivity index (χ0) is 22.4. The minimum atomic E-state index is -4.44. The van der Waals surface area contributed by atoms with Crippen LogP contribution >= 0.6 is 0 Å². The van der Waals surface area contributed by atoms with Gasteiger partial charge in [-0.15, -0.1) is 0 Å². The summed E-state index contributed by atoms with van der Waals surface area (Å²) in [6.07, 6.45) is -2.55. The number of benzene rings is 1. The molecular formula is C19H23F3N4O3S. The molecule has 164 valence electrons. The molecule has 0 atom stereocenters. The summed E-state index contributed by atoms with van der Waals surface area (Å²) in [4.78, 5) is 7.99. The van der Waals surface area contributed by atoms with Crippen molar-refractivity contribution in [3.63, 3.8) is 0 Å². The van der Waals surface area contributed by atoms with E-state index in [4.69, 9.17) is 4.74 Å². The van der Waals surface area contributed by atoms with Crippen LogP contribution in [0.5, 0.6) is 5.88 Å². The molecule has 0 aliphatic carbocycles. The van der Waals surface area contributed by atoms with Gasteiger partial charge in [-0.3, -0.25) is 4.99 Å². The molecule has 2 rings (SSSR count). The molecule has 0 aliphatic rings. The van der Waals surface area contributed by atoms with E-state index < -0.39 is 21.6 Å². The first-order valence-corrected chi connectivity index (χ1v) is 10.8. The highest BCUT2D eigenvalue weighted by atomic mass is 32.2. The average molecular weight is 444 g/mol. The number of aliphatic imine (C=N–C) groups is 1. The van der Waals surface area contributed by atoms with Gasteiger partial charge in [-0.1, -0.05) is 12.1 Å². The second-order valence-corrected chi connectivity index (χ2v) is 8.44. The number of aryl methyl sites for hydroxylation is 1. The second kappa shape index (κ2) is 9.79. The first-order valence-electron chi connectivity index (χ1n) is 8.91. The summed E-state index contributed by atoms with van der Waals surface area (Å²) < 4.78 is 66.2. The molecule has 0 aliphatic heterocycles. The maximum absolute atomic E-state index is 12.5. The van der Waals surface area contributed by atoms with Gasteiger partial charge in [0.2, 0.25) is 5.88 Å². The monoisotopic (exact) mass is 444 g/mol. The number of ether oxygens (including phenoxy) is 1. The summed E-state index contributed by atoms with van der Waals surface area (Å²) in [5.74, 6) is 0.581. The van der Waals surface area contributed by atoms with E-state index in [0.717, 1.165) is 17.8 Å². The van der Waals surface area contributed by atoms with E-state index in [1.54, 1.807) is 32.2 Å². The van der Waals surface area contributed by atoms with Crippen LogP contribution in [0.3, 0.4) is 0 Å². The quantitative estimate of drug-likeness (QED) is 0.387. The zero-order valence-corrected chi connectivity index (χ0v) is 17.6. The highest BCUT2D eigenvalue weighted by Crippen LogP contribution is 2.29. The van der Waals surface area contributed by atoms with E-state index in [-0.39, 0.29) is 12.5 Å². The summed E-state index contributed by atoms with van der Waals surface area (Å²) in [6.45, 7) is 2.67. The number of pyridine rings is 1. The normalized spacial score (nSPS) is 12.5. The number of hydrogen-bond acceptors (Lipinski definition) is 5. The van der Waals surface area contributed by atoms with Crippen molar-refractivity contribution < 1.29 is 26.3 Å². The molecule has 30 heavy (non-hydrogen) atoms. The molecule has 0 radical (unpaired) electrons. The number of hydrogen-bond donors (Lipinski definition) is 2. The topological polar surface area (TPSA) is 92.7 Å². The third kappa shape index (κ3) is 6.90. The molecule has 1 aromatic heterocycles. The molecule has 0 amide bonds. The Hall–Kier alpha value is -2.82. The number of rotatable bonds is 7. The molecule has 0 saturated carbocycles. The lowest BCUT2D eigenvalue weighted by molar-refractivity contribution is -0.137. The number of nitrogens with zero attached hydrogens (tertiary/aromatic N) is 2. The standard InChI is InChI=1S/C19H23F3N4O3S/c1-13-10-14(4-6-16(13)30(3,27)28)11-26-18(23-2)24-8-9-29-17-7-5-15(12-25-17)19(20,21)22/h4-7,10,12H,8-9,11H2,1-3H3,(H2,23,24,26). The predicted molar refractivity (Wildman–Crippen MR) is 107 cm³/mol. The van der Waals surface area contributed by atoms with Gasteiger partial charge in [-0.05, 0) is 30.2 Å². The fourth-order valence-electron chi connectivity index (χ4n) is 2.60. The van der Waals surface area contributed by atoms with Crippen molar-refractivity contribution in [3.8, 4) is 5.88 Å². The fourth-order valence-corrected chi connectivity index (χ4v) is 3.56. The maximum atomic E-state index is 12.5. The number of guanidine groups is 1. The van der Waals surface area contributed by atoms with E-state index in [1.165, 1.54) is 12.3 Å². The van der Waals surface area contributed by atoms with Crippen LogP contribution in [-0.2, 0) is 22.6 Å². The van der Waals surface area contributed by atoms with Crippen LogP contribution in [-0.4, -0.2) is 45.8 Å². The molecule has 1 aromatic carbocycles. The van der Waals surface area contributed by atoms with Gasteiger partial charge in [0, 0.05) is 32.1 Å². The van der Waals surface area contributed by atoms with Gasteiger partial charge in [0.05, 0.1) is 17.0 Å². The molecule has 7 nitrogen and oxygen atoms in total. The molecule has 2 N–H and O–H groups in total. The number of alkyl halides is 3. The highest BCUT2D eigenvalue weighted by Gasteiger charge is 2.30. The van der Waals surface area contributed by atoms with Gasteiger partial charge in [0.25, 0.3) is 0 Å². The Morgan fingerprint density at radius 2 is 1.93 bits per heavy atom. The van der Waals surface area contributed by atoms with Crippen LogP contribution in [0.4, 0.5) is 13.2 Å². The van der Waals surface area contributed by atoms with Crippen LogP contribution in [0.25, 0.3) is 0 Å². The van der Waals surface area contributed by atoms with E-state index in [9.17, 15) is 21.6 Å². The van der Waals surface area contributed by atoms with Crippen molar-refractivity contribution in [1.29, 1.82) is 0 Å². The zero-order valence-electron chi connectivity index (χ0n) is 16.7. The Morgan fingerprint density at radius 1 is 1.20 bits per heavy atom. The highest BCUT2D eigenvalue weighted by molar-refractivity contribution is 7.90. The lowest BCUT2D eigenvalue weighted by atomic mass is 10.1. The van der Waals surface area contributed by atoms with Crippen molar-refractivity contribution in [2.75, 3.05) is 26.5 Å². The number of nitrogens with one attached hydrogen (secondary N) is 2. The second-order valence-electron chi connectivity index (χ2n) is 6.46. The third-order valence-electron chi connectivity index (χ3n) is 4.03. The van der Waals surface area contributed by atoms with E-state index in [1.807, 2.05) is 0 Å². The van der Waals surface area contributed by atoms with E-state index in [2.05, 4.69) is 20.6 Å². The van der Waals surface area contributed by atoms with Gasteiger partial charge in [0.1, 0.15) is 6.61 Å². The molecule has 0 spiro atoms. The molecule has 0 saturated heterocycles. The summed E-state index contributed by atoms with van der Waals surface area (Å²) in [5, 5.41) is 6.09. The van der Waals surface area contributed by atoms with Crippen LogP contribution in [0.15, 0.2) is 46.4 Å². The largest absolute Gasteiger partial charge is 0.476 e. The Bertz CT molecular complexity index is 991. The lowest BCUT2D eigenvalue weighted by Gasteiger charge is -2.13. The predicted octanol–water partition coefficient (Wildman–Crippen LogP) is 2.56. The molecule has 0 unspecified atom stereocenters. The number of aromatic nitrogens is 1. The summed E-state index contributed by atoms with van der Waals surface area (Å²) in [7, 11) is -1.68. The minimum absolute atomic E-state index is 0.0918. The first-order chi connectivity index (χ1) is 14.0. The summed E-state index contributed by atoms with van der Waals surface area (Å²) >= 11 is 0. The van der Waals surface area contributed by atoms with Gasteiger partial charge in [-0.2, -0.15) is 13.2 Å². The SMILES string of the molecule is CN=C(NCCOc1ccc(C(F)(F)F)cn1)NCc1ccc(S(C)(=O)=O)c(C)c1. The van der Waals surface area contributed by atoms with Crippen molar-refractivity contribution in [2.45, 2.75) is 24.5 Å². The van der Waals surface area contributed by atoms with Crippen molar-refractivity contribution in [3.05, 3.63) is 53.2 Å². The molecule has 11 heteroatoms. The first kappa shape index (κ1) is 23.5. The van der Waals surface area contributed by atoms with Crippen molar-refractivity contribution in [1.82, 2.24) is 15.6 Å². The van der Waals surface area contributed by atoms with E-state index in [0.29, 0.717) is 29.5 Å². The Balaban J connectivity index is 1.79. The molecule has 0 fully saturated rings. The van der Waals surface area contributed by atoms with Crippen molar-refractivity contribution >= 4 is 15.8 Å². The Labute approximate surface area is 173 Å². The molecular weight excluding hydrogens is 421 g/mol. The lowest BCUT2D eigenvalue weighted by Crippen LogP contribution is -2.38. The smallest absolute Gasteiger partial charge is 0.417 e. The Kier molecular flexibility index (Phi) is 7.65. The Morgan fingerprint density at radius 3 is 2.47 bits per heavy atom. The van der Waals surface area contributed by atoms with Gasteiger partial charge in [0.15, 0.2) is 15.8 Å². The third-order valence-corrected chi connectivity index (χ3v) is 5.29. The van der Waals surface area contributed by atoms with Crippen LogP contribution < -0.4 is 15.4 Å². The molecule has 1 heterocycles. The van der Waals surface area contributed by atoms with Crippen LogP contribution in [0.1, 0.15) is 16.7 Å². The minimum Gasteiger partial charge on any atom is -0.476 e. The fraction of sp³-hybridized carbons (Fsp3) is 0.368. The van der Waals surface area contributed by atoms with E-state index >= 15 is 0 Å². The summed E-state index contributed by atoms with van der Waals surface area (Å²) in [6, 6.07) is 7.16. The van der Waals surface area contributed by atoms with Crippen LogP contribution in [0, 0.1) is 6.92 Å². The maximum Gasteiger partial charge on any atom is 0.417 e. The number of sulfone groups is 1. The van der Waals surface area contributed by atoms with Gasteiger partial charge < -0.3 is 15.4 Å². The average Bonchev–Trinajstić information content (AvgIpc) is 2.66. The number of halogens is 3.